The van der Waals surface area contributed by atoms with Crippen molar-refractivity contribution < 1.29 is 9.53 Å². The number of rotatable bonds is 2. The molecule has 3 rings (SSSR count). The molecule has 0 N–H and O–H groups in total. The zero-order valence-corrected chi connectivity index (χ0v) is 10.9. The first-order valence-electron chi connectivity index (χ1n) is 6.24. The molecular formula is C15H17NO2. The smallest absolute Gasteiger partial charge is 0.316 e. The minimum absolute atomic E-state index is 0.105. The first-order chi connectivity index (χ1) is 8.61. The van der Waals surface area contributed by atoms with Crippen LogP contribution in [0.25, 0.3) is 10.9 Å². The number of methoxy groups -OCH3 is 1. The van der Waals surface area contributed by atoms with Gasteiger partial charge in [0, 0.05) is 24.1 Å². The van der Waals surface area contributed by atoms with Gasteiger partial charge >= 0.3 is 5.97 Å². The molecule has 3 nitrogen and oxygen atoms in total. The Morgan fingerprint density at radius 3 is 2.72 bits per heavy atom. The molecule has 1 heterocycles. The van der Waals surface area contributed by atoms with Crippen LogP contribution in [0, 0.1) is 5.92 Å². The maximum atomic E-state index is 12.1. The highest BCUT2D eigenvalue weighted by molar-refractivity contribution is 5.95. The minimum atomic E-state index is -0.421. The molecule has 0 spiro atoms. The predicted molar refractivity (Wildman–Crippen MR) is 70.4 cm³/mol. The van der Waals surface area contributed by atoms with Crippen LogP contribution in [0.5, 0.6) is 0 Å². The number of fused-ring (bicyclic) bond motifs is 1. The van der Waals surface area contributed by atoms with Crippen LogP contribution >= 0.6 is 0 Å². The van der Waals surface area contributed by atoms with E-state index in [-0.39, 0.29) is 5.97 Å². The van der Waals surface area contributed by atoms with Gasteiger partial charge in [0.25, 0.3) is 0 Å². The Kier molecular flexibility index (Phi) is 2.27. The SMILES string of the molecule is COC(=O)C1(c2cn(C)c3ccccc23)CC1C. The number of aromatic nitrogens is 1. The third-order valence-corrected chi connectivity index (χ3v) is 4.24. The Morgan fingerprint density at radius 1 is 1.44 bits per heavy atom. The number of hydrogen-bond acceptors (Lipinski definition) is 2. The van der Waals surface area contributed by atoms with E-state index in [0.29, 0.717) is 5.92 Å². The number of benzene rings is 1. The fourth-order valence-corrected chi connectivity index (χ4v) is 3.07. The summed E-state index contributed by atoms with van der Waals surface area (Å²) in [4.78, 5) is 12.1. The van der Waals surface area contributed by atoms with E-state index in [1.165, 1.54) is 7.11 Å². The molecule has 1 aliphatic rings. The summed E-state index contributed by atoms with van der Waals surface area (Å²) in [5, 5.41) is 1.16. The highest BCUT2D eigenvalue weighted by Crippen LogP contribution is 2.56. The van der Waals surface area contributed by atoms with Crippen molar-refractivity contribution in [1.82, 2.24) is 4.57 Å². The normalized spacial score (nSPS) is 26.3. The zero-order chi connectivity index (χ0) is 12.9. The van der Waals surface area contributed by atoms with Gasteiger partial charge in [-0.25, -0.2) is 0 Å². The van der Waals surface area contributed by atoms with Gasteiger partial charge in [-0.2, -0.15) is 0 Å². The van der Waals surface area contributed by atoms with Crippen molar-refractivity contribution in [1.29, 1.82) is 0 Å². The minimum Gasteiger partial charge on any atom is -0.468 e. The van der Waals surface area contributed by atoms with Crippen molar-refractivity contribution in [3.05, 3.63) is 36.0 Å². The topological polar surface area (TPSA) is 31.2 Å². The number of esters is 1. The fraction of sp³-hybridized carbons (Fsp3) is 0.400. The molecule has 0 radical (unpaired) electrons. The number of ether oxygens (including phenoxy) is 1. The van der Waals surface area contributed by atoms with E-state index in [1.807, 2.05) is 19.2 Å². The number of aryl methyl sites for hydroxylation is 1. The lowest BCUT2D eigenvalue weighted by molar-refractivity contribution is -0.144. The molecule has 2 atom stereocenters. The first kappa shape index (κ1) is 11.3. The van der Waals surface area contributed by atoms with E-state index in [9.17, 15) is 4.79 Å². The van der Waals surface area contributed by atoms with Crippen LogP contribution in [0.3, 0.4) is 0 Å². The van der Waals surface area contributed by atoms with Crippen molar-refractivity contribution in [2.45, 2.75) is 18.8 Å². The molecule has 2 aromatic rings. The molecule has 3 heteroatoms. The number of carbonyl (C=O) groups excluding carboxylic acids is 1. The highest BCUT2D eigenvalue weighted by Gasteiger charge is 2.60. The van der Waals surface area contributed by atoms with Crippen molar-refractivity contribution in [3.8, 4) is 0 Å². The summed E-state index contributed by atoms with van der Waals surface area (Å²) in [6, 6.07) is 8.20. The molecular weight excluding hydrogens is 226 g/mol. The highest BCUT2D eigenvalue weighted by atomic mass is 16.5. The Bertz CT molecular complexity index is 628. The molecule has 18 heavy (non-hydrogen) atoms. The van der Waals surface area contributed by atoms with E-state index in [0.717, 1.165) is 22.9 Å². The van der Waals surface area contributed by atoms with Gasteiger partial charge in [0.1, 0.15) is 0 Å². The summed E-state index contributed by atoms with van der Waals surface area (Å²) in [5.74, 6) is 0.252. The average Bonchev–Trinajstić information content (AvgIpc) is 2.95. The molecule has 1 aliphatic carbocycles. The number of para-hydroxylation sites is 1. The molecule has 1 aromatic heterocycles. The molecule has 0 saturated heterocycles. The first-order valence-corrected chi connectivity index (χ1v) is 6.24. The lowest BCUT2D eigenvalue weighted by Crippen LogP contribution is -2.23. The third kappa shape index (κ3) is 1.27. The second-order valence-electron chi connectivity index (χ2n) is 5.24. The Labute approximate surface area is 106 Å². The average molecular weight is 243 g/mol. The molecule has 2 unspecified atom stereocenters. The van der Waals surface area contributed by atoms with Crippen molar-refractivity contribution in [2.75, 3.05) is 7.11 Å². The fourth-order valence-electron chi connectivity index (χ4n) is 3.07. The van der Waals surface area contributed by atoms with Crippen LogP contribution in [0.2, 0.25) is 0 Å². The summed E-state index contributed by atoms with van der Waals surface area (Å²) in [6.45, 7) is 2.11. The van der Waals surface area contributed by atoms with Crippen LogP contribution in [-0.4, -0.2) is 17.6 Å². The Hall–Kier alpha value is -1.77. The maximum Gasteiger partial charge on any atom is 0.316 e. The Morgan fingerprint density at radius 2 is 2.11 bits per heavy atom. The quantitative estimate of drug-likeness (QED) is 0.759. The number of hydrogen-bond donors (Lipinski definition) is 0. The Balaban J connectivity index is 2.24. The maximum absolute atomic E-state index is 12.1. The van der Waals surface area contributed by atoms with Gasteiger partial charge < -0.3 is 9.30 Å². The van der Waals surface area contributed by atoms with Gasteiger partial charge in [0.05, 0.1) is 12.5 Å². The monoisotopic (exact) mass is 243 g/mol. The predicted octanol–water partition coefficient (Wildman–Crippen LogP) is 2.63. The molecule has 0 aliphatic heterocycles. The van der Waals surface area contributed by atoms with Gasteiger partial charge in [-0.3, -0.25) is 4.79 Å². The zero-order valence-electron chi connectivity index (χ0n) is 10.9. The largest absolute Gasteiger partial charge is 0.468 e. The summed E-state index contributed by atoms with van der Waals surface area (Å²) in [5.41, 5.74) is 1.85. The van der Waals surface area contributed by atoms with Crippen LogP contribution in [-0.2, 0) is 22.0 Å². The lowest BCUT2D eigenvalue weighted by atomic mass is 9.93. The van der Waals surface area contributed by atoms with Gasteiger partial charge in [-0.15, -0.1) is 0 Å². The summed E-state index contributed by atoms with van der Waals surface area (Å²) in [7, 11) is 3.49. The molecule has 0 amide bonds. The van der Waals surface area contributed by atoms with Crippen molar-refractivity contribution >= 4 is 16.9 Å². The molecule has 1 saturated carbocycles. The molecule has 1 fully saturated rings. The van der Waals surface area contributed by atoms with Gasteiger partial charge in [-0.1, -0.05) is 25.1 Å². The summed E-state index contributed by atoms with van der Waals surface area (Å²) < 4.78 is 7.10. The van der Waals surface area contributed by atoms with E-state index in [4.69, 9.17) is 4.74 Å². The standard InChI is InChI=1S/C15H17NO2/c1-10-8-15(10,14(17)18-3)12-9-16(2)13-7-5-4-6-11(12)13/h4-7,9-10H,8H2,1-3H3. The molecule has 1 aromatic carbocycles. The van der Waals surface area contributed by atoms with Gasteiger partial charge in [0.15, 0.2) is 0 Å². The second-order valence-corrected chi connectivity index (χ2v) is 5.24. The van der Waals surface area contributed by atoms with E-state index < -0.39 is 5.41 Å². The summed E-state index contributed by atoms with van der Waals surface area (Å²) in [6.07, 6.45) is 2.96. The third-order valence-electron chi connectivity index (χ3n) is 4.24. The molecule has 94 valence electrons. The van der Waals surface area contributed by atoms with Crippen LogP contribution < -0.4 is 0 Å². The second kappa shape index (κ2) is 3.61. The van der Waals surface area contributed by atoms with Crippen LogP contribution in [0.1, 0.15) is 18.9 Å². The molecule has 0 bridgehead atoms. The van der Waals surface area contributed by atoms with Crippen LogP contribution in [0.4, 0.5) is 0 Å². The van der Waals surface area contributed by atoms with E-state index >= 15 is 0 Å². The van der Waals surface area contributed by atoms with Gasteiger partial charge in [0.2, 0.25) is 0 Å². The lowest BCUT2D eigenvalue weighted by Gasteiger charge is -2.13. The van der Waals surface area contributed by atoms with E-state index in [2.05, 4.69) is 29.8 Å². The van der Waals surface area contributed by atoms with Gasteiger partial charge in [-0.05, 0) is 24.0 Å². The summed E-state index contributed by atoms with van der Waals surface area (Å²) >= 11 is 0. The van der Waals surface area contributed by atoms with E-state index in [1.54, 1.807) is 0 Å². The van der Waals surface area contributed by atoms with Crippen molar-refractivity contribution in [2.24, 2.45) is 13.0 Å². The number of nitrogens with zero attached hydrogens (tertiary/aromatic N) is 1. The van der Waals surface area contributed by atoms with Crippen LogP contribution in [0.15, 0.2) is 30.5 Å². The van der Waals surface area contributed by atoms with Crippen molar-refractivity contribution in [3.63, 3.8) is 0 Å². The number of carbonyl (C=O) groups is 1.